The van der Waals surface area contributed by atoms with E-state index in [-0.39, 0.29) is 31.8 Å². The number of halogens is 2. The second-order valence-corrected chi connectivity index (χ2v) is 12.5. The maximum absolute atomic E-state index is 13.6. The van der Waals surface area contributed by atoms with Gasteiger partial charge in [-0.3, -0.25) is 4.79 Å². The van der Waals surface area contributed by atoms with Gasteiger partial charge in [0.25, 0.3) is 11.8 Å². The standard InChI is InChI=1S/C28H34F2N4OS/c1-19-16-20(17-25(31-19)34-14-10-28(29,30)11-15-34)32-26(35)23-5-4-22(36-21-2-3-21)18-24(23)33-12-8-27(6-7-27)9-13-33/h4-5,16-18,21H,2-3,6-15H2,1H3,(H,31,32,35). The highest BCUT2D eigenvalue weighted by atomic mass is 32.2. The minimum atomic E-state index is -2.61. The van der Waals surface area contributed by atoms with Crippen molar-refractivity contribution in [1.29, 1.82) is 0 Å². The largest absolute Gasteiger partial charge is 0.371 e. The molecule has 8 heteroatoms. The second-order valence-electron chi connectivity index (χ2n) is 11.1. The number of pyridine rings is 1. The predicted molar refractivity (Wildman–Crippen MR) is 142 cm³/mol. The lowest BCUT2D eigenvalue weighted by atomic mass is 9.93. The number of piperidine rings is 2. The van der Waals surface area contributed by atoms with Crippen LogP contribution in [0.5, 0.6) is 0 Å². The van der Waals surface area contributed by atoms with E-state index in [0.717, 1.165) is 24.5 Å². The molecule has 192 valence electrons. The van der Waals surface area contributed by atoms with Gasteiger partial charge in [0.05, 0.1) is 11.3 Å². The Labute approximate surface area is 216 Å². The average molecular weight is 513 g/mol. The fourth-order valence-corrected chi connectivity index (χ4v) is 6.55. The SMILES string of the molecule is Cc1cc(NC(=O)c2ccc(SC3CC3)cc2N2CCC3(CC2)CC3)cc(N2CCC(F)(F)CC2)n1. The molecule has 5 nitrogen and oxygen atoms in total. The molecule has 36 heavy (non-hydrogen) atoms. The molecule has 1 aromatic heterocycles. The molecule has 4 fully saturated rings. The lowest BCUT2D eigenvalue weighted by molar-refractivity contribution is -0.0221. The Morgan fingerprint density at radius 3 is 2.33 bits per heavy atom. The topological polar surface area (TPSA) is 48.5 Å². The van der Waals surface area contributed by atoms with Gasteiger partial charge in [-0.15, -0.1) is 11.8 Å². The molecule has 2 aliphatic heterocycles. The zero-order valence-electron chi connectivity index (χ0n) is 20.9. The van der Waals surface area contributed by atoms with Crippen molar-refractivity contribution < 1.29 is 13.6 Å². The van der Waals surface area contributed by atoms with Gasteiger partial charge < -0.3 is 15.1 Å². The van der Waals surface area contributed by atoms with Gasteiger partial charge in [0, 0.05) is 66.6 Å². The van der Waals surface area contributed by atoms with E-state index in [1.54, 1.807) is 0 Å². The number of carbonyl (C=O) groups excluding carboxylic acids is 1. The van der Waals surface area contributed by atoms with E-state index in [0.29, 0.717) is 27.7 Å². The molecule has 6 rings (SSSR count). The van der Waals surface area contributed by atoms with E-state index < -0.39 is 5.92 Å². The lowest BCUT2D eigenvalue weighted by Gasteiger charge is -2.35. The van der Waals surface area contributed by atoms with Crippen molar-refractivity contribution in [2.75, 3.05) is 41.3 Å². The van der Waals surface area contributed by atoms with E-state index in [2.05, 4.69) is 27.3 Å². The molecule has 4 aliphatic rings. The average Bonchev–Trinajstić information content (AvgIpc) is 3.78. The van der Waals surface area contributed by atoms with Crippen LogP contribution in [0.1, 0.15) is 67.4 Å². The summed E-state index contributed by atoms with van der Waals surface area (Å²) in [6, 6.07) is 9.90. The summed E-state index contributed by atoms with van der Waals surface area (Å²) >= 11 is 1.92. The maximum atomic E-state index is 13.6. The molecule has 1 spiro atoms. The Morgan fingerprint density at radius 1 is 0.972 bits per heavy atom. The van der Waals surface area contributed by atoms with E-state index in [4.69, 9.17) is 0 Å². The zero-order valence-corrected chi connectivity index (χ0v) is 21.7. The summed E-state index contributed by atoms with van der Waals surface area (Å²) in [7, 11) is 0. The number of carbonyl (C=O) groups is 1. The van der Waals surface area contributed by atoms with Crippen molar-refractivity contribution >= 4 is 34.9 Å². The molecular formula is C28H34F2N4OS. The number of alkyl halides is 2. The summed E-state index contributed by atoms with van der Waals surface area (Å²) in [5.41, 5.74) is 3.69. The van der Waals surface area contributed by atoms with Crippen molar-refractivity contribution in [1.82, 2.24) is 4.98 Å². The first kappa shape index (κ1) is 24.0. The van der Waals surface area contributed by atoms with Gasteiger partial charge in [-0.2, -0.15) is 0 Å². The molecule has 0 atom stereocenters. The number of aryl methyl sites for hydroxylation is 1. The van der Waals surface area contributed by atoms with Crippen LogP contribution in [0, 0.1) is 12.3 Å². The summed E-state index contributed by atoms with van der Waals surface area (Å²) in [6.45, 7) is 4.38. The molecule has 2 saturated carbocycles. The van der Waals surface area contributed by atoms with Gasteiger partial charge in [-0.05, 0) is 75.1 Å². The lowest BCUT2D eigenvalue weighted by Crippen LogP contribution is -2.39. The molecule has 2 aromatic rings. The molecule has 0 bridgehead atoms. The number of amides is 1. The van der Waals surface area contributed by atoms with Crippen molar-refractivity contribution in [3.63, 3.8) is 0 Å². The fourth-order valence-electron chi connectivity index (χ4n) is 5.46. The van der Waals surface area contributed by atoms with Crippen LogP contribution in [0.15, 0.2) is 35.2 Å². The van der Waals surface area contributed by atoms with Crippen molar-refractivity contribution in [3.05, 3.63) is 41.6 Å². The molecule has 0 unspecified atom stereocenters. The quantitative estimate of drug-likeness (QED) is 0.478. The number of hydrogen-bond donors (Lipinski definition) is 1. The number of aromatic nitrogens is 1. The van der Waals surface area contributed by atoms with Crippen molar-refractivity contribution in [3.8, 4) is 0 Å². The molecule has 1 N–H and O–H groups in total. The van der Waals surface area contributed by atoms with Gasteiger partial charge in [0.2, 0.25) is 0 Å². The molecule has 2 saturated heterocycles. The van der Waals surface area contributed by atoms with Gasteiger partial charge in [0.1, 0.15) is 5.82 Å². The summed E-state index contributed by atoms with van der Waals surface area (Å²) in [4.78, 5) is 23.6. The molecule has 1 amide bonds. The molecule has 1 aromatic carbocycles. The number of nitrogens with zero attached hydrogens (tertiary/aromatic N) is 3. The summed E-state index contributed by atoms with van der Waals surface area (Å²) in [5, 5.41) is 3.80. The number of anilines is 3. The fraction of sp³-hybridized carbons (Fsp3) is 0.571. The number of nitrogens with one attached hydrogen (secondary N) is 1. The number of thioether (sulfide) groups is 1. The van der Waals surface area contributed by atoms with Crippen LogP contribution in [0.25, 0.3) is 0 Å². The van der Waals surface area contributed by atoms with Gasteiger partial charge in [0.15, 0.2) is 0 Å². The number of benzene rings is 1. The van der Waals surface area contributed by atoms with E-state index in [1.165, 1.54) is 43.4 Å². The second kappa shape index (κ2) is 9.19. The summed E-state index contributed by atoms with van der Waals surface area (Å²) < 4.78 is 27.3. The molecular weight excluding hydrogens is 478 g/mol. The van der Waals surface area contributed by atoms with Crippen LogP contribution in [0.2, 0.25) is 0 Å². The third-order valence-corrected chi connectivity index (χ3v) is 9.51. The maximum Gasteiger partial charge on any atom is 0.257 e. The Balaban J connectivity index is 1.22. The smallest absolute Gasteiger partial charge is 0.257 e. The highest BCUT2D eigenvalue weighted by molar-refractivity contribution is 8.00. The first-order valence-electron chi connectivity index (χ1n) is 13.3. The number of rotatable bonds is 6. The minimum absolute atomic E-state index is 0.138. The first-order chi connectivity index (χ1) is 17.3. The van der Waals surface area contributed by atoms with Crippen LogP contribution in [0.3, 0.4) is 0 Å². The first-order valence-corrected chi connectivity index (χ1v) is 14.1. The van der Waals surface area contributed by atoms with Crippen LogP contribution >= 0.6 is 11.8 Å². The highest BCUT2D eigenvalue weighted by Crippen LogP contribution is 2.54. The molecule has 0 radical (unpaired) electrons. The minimum Gasteiger partial charge on any atom is -0.371 e. The van der Waals surface area contributed by atoms with E-state index >= 15 is 0 Å². The van der Waals surface area contributed by atoms with Gasteiger partial charge in [-0.1, -0.05) is 0 Å². The Kier molecular flexibility index (Phi) is 6.13. The third-order valence-electron chi connectivity index (χ3n) is 8.18. The normalized spacial score (nSPS) is 22.5. The monoisotopic (exact) mass is 512 g/mol. The predicted octanol–water partition coefficient (Wildman–Crippen LogP) is 6.51. The molecule has 3 heterocycles. The molecule has 2 aliphatic carbocycles. The third kappa shape index (κ3) is 5.34. The van der Waals surface area contributed by atoms with Crippen molar-refractivity contribution in [2.24, 2.45) is 5.41 Å². The van der Waals surface area contributed by atoms with E-state index in [9.17, 15) is 13.6 Å². The number of hydrogen-bond acceptors (Lipinski definition) is 5. The zero-order chi connectivity index (χ0) is 24.9. The van der Waals surface area contributed by atoms with Gasteiger partial charge >= 0.3 is 0 Å². The van der Waals surface area contributed by atoms with Crippen LogP contribution in [-0.4, -0.2) is 48.2 Å². The van der Waals surface area contributed by atoms with E-state index in [1.807, 2.05) is 41.8 Å². The van der Waals surface area contributed by atoms with Crippen LogP contribution < -0.4 is 15.1 Å². The Hall–Kier alpha value is -2.35. The summed E-state index contributed by atoms with van der Waals surface area (Å²) in [5.74, 6) is -2.10. The summed E-state index contributed by atoms with van der Waals surface area (Å²) in [6.07, 6.45) is 7.31. The van der Waals surface area contributed by atoms with Crippen molar-refractivity contribution in [2.45, 2.75) is 74.4 Å². The Bertz CT molecular complexity index is 1140. The highest BCUT2D eigenvalue weighted by Gasteiger charge is 2.44. The Morgan fingerprint density at radius 2 is 1.67 bits per heavy atom. The van der Waals surface area contributed by atoms with Crippen LogP contribution in [-0.2, 0) is 0 Å². The van der Waals surface area contributed by atoms with Crippen LogP contribution in [0.4, 0.5) is 26.0 Å². The van der Waals surface area contributed by atoms with Gasteiger partial charge in [-0.25, -0.2) is 13.8 Å².